The first kappa shape index (κ1) is 9.65. The van der Waals surface area contributed by atoms with Gasteiger partial charge in [0.25, 0.3) is 0 Å². The summed E-state index contributed by atoms with van der Waals surface area (Å²) in [7, 11) is 0. The molecule has 0 amide bonds. The van der Waals surface area contributed by atoms with Crippen molar-refractivity contribution in [3.63, 3.8) is 0 Å². The molecule has 0 aliphatic heterocycles. The van der Waals surface area contributed by atoms with Crippen molar-refractivity contribution >= 4 is 12.6 Å². The molecular formula is C11H12O2. The number of rotatable bonds is 3. The highest BCUT2D eigenvalue weighted by molar-refractivity contribution is 5.76. The van der Waals surface area contributed by atoms with Gasteiger partial charge in [0, 0.05) is 11.5 Å². The number of carbonyl (C=O) groups is 2. The van der Waals surface area contributed by atoms with Crippen molar-refractivity contribution in [2.24, 2.45) is 0 Å². The van der Waals surface area contributed by atoms with Gasteiger partial charge in [-0.05, 0) is 24.1 Å². The lowest BCUT2D eigenvalue weighted by atomic mass is 9.96. The summed E-state index contributed by atoms with van der Waals surface area (Å²) in [5, 5.41) is 0. The molecule has 0 aliphatic carbocycles. The van der Waals surface area contributed by atoms with Crippen LogP contribution in [0.1, 0.15) is 34.3 Å². The summed E-state index contributed by atoms with van der Waals surface area (Å²) in [5.74, 6) is -0.139. The number of aldehydes is 2. The average Bonchev–Trinajstić information content (AvgIpc) is 2.17. The van der Waals surface area contributed by atoms with Crippen LogP contribution in [0.15, 0.2) is 18.2 Å². The van der Waals surface area contributed by atoms with E-state index in [0.717, 1.165) is 23.7 Å². The maximum absolute atomic E-state index is 10.6. The molecule has 1 aromatic rings. The first-order valence-electron chi connectivity index (χ1n) is 4.20. The van der Waals surface area contributed by atoms with E-state index in [1.165, 1.54) is 0 Å². The zero-order valence-corrected chi connectivity index (χ0v) is 7.78. The topological polar surface area (TPSA) is 34.1 Å². The first-order chi connectivity index (χ1) is 6.19. The van der Waals surface area contributed by atoms with E-state index >= 15 is 0 Å². The second-order valence-corrected chi connectivity index (χ2v) is 3.16. The van der Waals surface area contributed by atoms with E-state index in [1.807, 2.05) is 19.9 Å². The zero-order valence-electron chi connectivity index (χ0n) is 7.78. The smallest absolute Gasteiger partial charge is 0.150 e. The Bertz CT molecular complexity index is 329. The van der Waals surface area contributed by atoms with Crippen molar-refractivity contribution in [1.82, 2.24) is 0 Å². The molecule has 1 atom stereocenters. The highest BCUT2D eigenvalue weighted by Gasteiger charge is 2.07. The fourth-order valence-electron chi connectivity index (χ4n) is 1.30. The molecule has 1 unspecified atom stereocenters. The predicted octanol–water partition coefficient (Wildman–Crippen LogP) is 2.11. The summed E-state index contributed by atoms with van der Waals surface area (Å²) in [6.07, 6.45) is 1.68. The summed E-state index contributed by atoms with van der Waals surface area (Å²) in [4.78, 5) is 21.1. The van der Waals surface area contributed by atoms with Crippen molar-refractivity contribution in [1.29, 1.82) is 0 Å². The number of benzene rings is 1. The van der Waals surface area contributed by atoms with Gasteiger partial charge in [0.05, 0.1) is 0 Å². The van der Waals surface area contributed by atoms with E-state index in [-0.39, 0.29) is 5.92 Å². The van der Waals surface area contributed by atoms with Crippen molar-refractivity contribution in [3.8, 4) is 0 Å². The van der Waals surface area contributed by atoms with E-state index in [1.54, 1.807) is 12.1 Å². The van der Waals surface area contributed by atoms with Crippen LogP contribution in [-0.2, 0) is 4.79 Å². The van der Waals surface area contributed by atoms with Gasteiger partial charge < -0.3 is 4.79 Å². The van der Waals surface area contributed by atoms with Gasteiger partial charge >= 0.3 is 0 Å². The third-order valence-electron chi connectivity index (χ3n) is 2.13. The maximum Gasteiger partial charge on any atom is 0.150 e. The largest absolute Gasteiger partial charge is 0.303 e. The molecule has 0 saturated carbocycles. The van der Waals surface area contributed by atoms with Crippen LogP contribution >= 0.6 is 0 Å². The molecule has 2 heteroatoms. The van der Waals surface area contributed by atoms with E-state index in [4.69, 9.17) is 0 Å². The standard InChI is InChI=1S/C11H12O2/c1-8-3-4-10(7-13)5-11(8)9(2)6-12/h3-7,9H,1-2H3. The van der Waals surface area contributed by atoms with Crippen LogP contribution in [0.2, 0.25) is 0 Å². The number of hydrogen-bond acceptors (Lipinski definition) is 2. The Morgan fingerprint density at radius 2 is 2.00 bits per heavy atom. The molecule has 0 saturated heterocycles. The molecular weight excluding hydrogens is 164 g/mol. The van der Waals surface area contributed by atoms with E-state index in [0.29, 0.717) is 5.56 Å². The normalized spacial score (nSPS) is 12.2. The molecule has 68 valence electrons. The van der Waals surface area contributed by atoms with Gasteiger partial charge in [-0.2, -0.15) is 0 Å². The molecule has 13 heavy (non-hydrogen) atoms. The molecule has 1 rings (SSSR count). The van der Waals surface area contributed by atoms with Gasteiger partial charge in [0.2, 0.25) is 0 Å². The summed E-state index contributed by atoms with van der Waals surface area (Å²) in [6, 6.07) is 5.38. The van der Waals surface area contributed by atoms with Gasteiger partial charge in [-0.3, -0.25) is 4.79 Å². The molecule has 0 heterocycles. The van der Waals surface area contributed by atoms with Crippen molar-refractivity contribution in [2.45, 2.75) is 19.8 Å². The Balaban J connectivity index is 3.17. The van der Waals surface area contributed by atoms with Crippen LogP contribution < -0.4 is 0 Å². The minimum Gasteiger partial charge on any atom is -0.303 e. The van der Waals surface area contributed by atoms with E-state index < -0.39 is 0 Å². The van der Waals surface area contributed by atoms with Crippen molar-refractivity contribution in [3.05, 3.63) is 34.9 Å². The number of hydrogen-bond donors (Lipinski definition) is 0. The highest BCUT2D eigenvalue weighted by Crippen LogP contribution is 2.18. The third-order valence-corrected chi connectivity index (χ3v) is 2.13. The second-order valence-electron chi connectivity index (χ2n) is 3.16. The Hall–Kier alpha value is -1.44. The molecule has 0 bridgehead atoms. The van der Waals surface area contributed by atoms with Crippen LogP contribution in [0.4, 0.5) is 0 Å². The summed E-state index contributed by atoms with van der Waals surface area (Å²) < 4.78 is 0. The fourth-order valence-corrected chi connectivity index (χ4v) is 1.30. The van der Waals surface area contributed by atoms with E-state index in [9.17, 15) is 9.59 Å². The maximum atomic E-state index is 10.6. The molecule has 0 aromatic heterocycles. The lowest BCUT2D eigenvalue weighted by Crippen LogP contribution is -1.98. The van der Waals surface area contributed by atoms with Gasteiger partial charge in [-0.25, -0.2) is 0 Å². The van der Waals surface area contributed by atoms with Gasteiger partial charge in [0.1, 0.15) is 12.6 Å². The zero-order chi connectivity index (χ0) is 9.84. The number of aryl methyl sites for hydroxylation is 1. The number of carbonyl (C=O) groups excluding carboxylic acids is 2. The summed E-state index contributed by atoms with van der Waals surface area (Å²) in [5.41, 5.74) is 2.60. The quantitative estimate of drug-likeness (QED) is 0.661. The molecule has 0 spiro atoms. The highest BCUT2D eigenvalue weighted by atomic mass is 16.1. The van der Waals surface area contributed by atoms with Gasteiger partial charge in [0.15, 0.2) is 0 Å². The van der Waals surface area contributed by atoms with Crippen molar-refractivity contribution < 1.29 is 9.59 Å². The average molecular weight is 176 g/mol. The van der Waals surface area contributed by atoms with Crippen LogP contribution in [0.25, 0.3) is 0 Å². The Labute approximate surface area is 77.6 Å². The first-order valence-corrected chi connectivity index (χ1v) is 4.20. The van der Waals surface area contributed by atoms with Gasteiger partial charge in [-0.1, -0.05) is 19.1 Å². The lowest BCUT2D eigenvalue weighted by molar-refractivity contribution is -0.108. The molecule has 2 nitrogen and oxygen atoms in total. The minimum absolute atomic E-state index is 0.139. The molecule has 0 N–H and O–H groups in total. The molecule has 0 radical (unpaired) electrons. The molecule has 0 fully saturated rings. The fraction of sp³-hybridized carbons (Fsp3) is 0.273. The van der Waals surface area contributed by atoms with Crippen LogP contribution in [0.5, 0.6) is 0 Å². The lowest BCUT2D eigenvalue weighted by Gasteiger charge is -2.08. The van der Waals surface area contributed by atoms with Crippen molar-refractivity contribution in [2.75, 3.05) is 0 Å². The second kappa shape index (κ2) is 3.99. The summed E-state index contributed by atoms with van der Waals surface area (Å²) in [6.45, 7) is 3.76. The Morgan fingerprint density at radius 3 is 2.54 bits per heavy atom. The van der Waals surface area contributed by atoms with Crippen LogP contribution in [0, 0.1) is 6.92 Å². The molecule has 1 aromatic carbocycles. The Morgan fingerprint density at radius 1 is 1.31 bits per heavy atom. The Kier molecular flexibility index (Phi) is 2.96. The van der Waals surface area contributed by atoms with E-state index in [2.05, 4.69) is 0 Å². The third kappa shape index (κ3) is 2.02. The molecule has 0 aliphatic rings. The van der Waals surface area contributed by atoms with Gasteiger partial charge in [-0.15, -0.1) is 0 Å². The predicted molar refractivity (Wildman–Crippen MR) is 51.0 cm³/mol. The van der Waals surface area contributed by atoms with Crippen LogP contribution in [-0.4, -0.2) is 12.6 Å². The minimum atomic E-state index is -0.139. The summed E-state index contributed by atoms with van der Waals surface area (Å²) >= 11 is 0. The van der Waals surface area contributed by atoms with Crippen LogP contribution in [0.3, 0.4) is 0 Å². The monoisotopic (exact) mass is 176 g/mol. The SMILES string of the molecule is Cc1ccc(C=O)cc1C(C)C=O.